The van der Waals surface area contributed by atoms with E-state index in [0.29, 0.717) is 6.61 Å². The van der Waals surface area contributed by atoms with Crippen molar-refractivity contribution >= 4 is 12.7 Å². The van der Waals surface area contributed by atoms with E-state index in [4.69, 9.17) is 4.74 Å². The third-order valence-corrected chi connectivity index (χ3v) is 2.74. The Morgan fingerprint density at radius 3 is 2.67 bits per heavy atom. The molecule has 0 aliphatic carbocycles. The lowest BCUT2D eigenvalue weighted by atomic mass is 9.66. The molecule has 2 rings (SSSR count). The third-order valence-electron chi connectivity index (χ3n) is 2.74. The molecule has 0 heterocycles. The molecule has 0 N–H and O–H groups in total. The van der Waals surface area contributed by atoms with E-state index < -0.39 is 0 Å². The van der Waals surface area contributed by atoms with E-state index in [9.17, 15) is 4.39 Å². The van der Waals surface area contributed by atoms with Crippen molar-refractivity contribution in [2.75, 3.05) is 6.61 Å². The van der Waals surface area contributed by atoms with Gasteiger partial charge in [0.1, 0.15) is 11.6 Å². The van der Waals surface area contributed by atoms with Gasteiger partial charge < -0.3 is 4.74 Å². The maximum absolute atomic E-state index is 13.1. The first-order chi connectivity index (χ1) is 8.75. The molecule has 0 bridgehead atoms. The quantitative estimate of drug-likeness (QED) is 0.577. The molecule has 3 heteroatoms. The van der Waals surface area contributed by atoms with Crippen molar-refractivity contribution in [1.29, 1.82) is 0 Å². The Labute approximate surface area is 108 Å². The van der Waals surface area contributed by atoms with E-state index in [2.05, 4.69) is 0 Å². The zero-order chi connectivity index (χ0) is 12.8. The van der Waals surface area contributed by atoms with Gasteiger partial charge in [-0.1, -0.05) is 35.3 Å². The smallest absolute Gasteiger partial charge is 0.155 e. The first-order valence-corrected chi connectivity index (χ1v) is 6.03. The molecule has 1 nitrogen and oxygen atoms in total. The number of halogens is 1. The van der Waals surface area contributed by atoms with Crippen molar-refractivity contribution in [3.8, 4) is 5.75 Å². The fraction of sp³-hybridized carbons (Fsp3) is 0.200. The van der Waals surface area contributed by atoms with E-state index in [1.165, 1.54) is 6.07 Å². The van der Waals surface area contributed by atoms with Gasteiger partial charge in [-0.3, -0.25) is 0 Å². The van der Waals surface area contributed by atoms with Gasteiger partial charge in [0.15, 0.2) is 7.28 Å². The van der Waals surface area contributed by atoms with E-state index in [1.807, 2.05) is 44.5 Å². The molecule has 2 aromatic carbocycles. The summed E-state index contributed by atoms with van der Waals surface area (Å²) >= 11 is 0. The average molecular weight is 241 g/mol. The van der Waals surface area contributed by atoms with Gasteiger partial charge in [0.25, 0.3) is 0 Å². The Bertz CT molecular complexity index is 499. The van der Waals surface area contributed by atoms with Crippen LogP contribution in [-0.2, 0) is 0 Å². The maximum atomic E-state index is 13.1. The van der Waals surface area contributed by atoms with Gasteiger partial charge in [-0.2, -0.15) is 0 Å². The predicted molar refractivity (Wildman–Crippen MR) is 73.3 cm³/mol. The van der Waals surface area contributed by atoms with E-state index >= 15 is 0 Å². The van der Waals surface area contributed by atoms with Crippen LogP contribution in [-0.4, -0.2) is 13.9 Å². The monoisotopic (exact) mass is 241 g/mol. The minimum Gasteiger partial charge on any atom is -0.494 e. The van der Waals surface area contributed by atoms with Crippen LogP contribution in [0.3, 0.4) is 0 Å². The maximum Gasteiger partial charge on any atom is 0.155 e. The molecule has 0 saturated carbocycles. The highest BCUT2D eigenvalue weighted by atomic mass is 19.1. The van der Waals surface area contributed by atoms with Crippen molar-refractivity contribution < 1.29 is 9.13 Å². The molecule has 1 radical (unpaired) electrons. The molecular weight excluding hydrogens is 226 g/mol. The van der Waals surface area contributed by atoms with Gasteiger partial charge in [-0.15, -0.1) is 0 Å². The van der Waals surface area contributed by atoms with Gasteiger partial charge in [-0.05, 0) is 37.5 Å². The van der Waals surface area contributed by atoms with Crippen LogP contribution in [0.2, 0.25) is 6.32 Å². The van der Waals surface area contributed by atoms with Crippen molar-refractivity contribution in [1.82, 2.24) is 0 Å². The minimum atomic E-state index is -0.198. The second-order valence-electron chi connectivity index (χ2n) is 4.16. The summed E-state index contributed by atoms with van der Waals surface area (Å²) in [4.78, 5) is 0. The predicted octanol–water partition coefficient (Wildman–Crippen LogP) is 2.96. The molecule has 0 unspecified atom stereocenters. The molecule has 0 aliphatic heterocycles. The van der Waals surface area contributed by atoms with Crippen LogP contribution in [0.5, 0.6) is 5.75 Å². The highest BCUT2D eigenvalue weighted by Crippen LogP contribution is 2.08. The first kappa shape index (κ1) is 12.7. The SMILES string of the molecule is Cc1ccc(F)cc1[B]CCOc1ccccc1. The summed E-state index contributed by atoms with van der Waals surface area (Å²) in [6, 6.07) is 14.5. The van der Waals surface area contributed by atoms with Crippen LogP contribution >= 0.6 is 0 Å². The lowest BCUT2D eigenvalue weighted by Gasteiger charge is -2.07. The Balaban J connectivity index is 1.80. The summed E-state index contributed by atoms with van der Waals surface area (Å²) in [7, 11) is 2.00. The number of hydrogen-bond donors (Lipinski definition) is 0. The van der Waals surface area contributed by atoms with Crippen molar-refractivity contribution in [3.05, 3.63) is 59.9 Å². The van der Waals surface area contributed by atoms with Gasteiger partial charge >= 0.3 is 0 Å². The zero-order valence-electron chi connectivity index (χ0n) is 10.4. The fourth-order valence-electron chi connectivity index (χ4n) is 1.74. The number of para-hydroxylation sites is 1. The highest BCUT2D eigenvalue weighted by molar-refractivity contribution is 6.54. The molecule has 0 atom stereocenters. The number of hydrogen-bond acceptors (Lipinski definition) is 1. The molecule has 2 aromatic rings. The summed E-state index contributed by atoms with van der Waals surface area (Å²) in [5.74, 6) is 0.665. The second-order valence-corrected chi connectivity index (χ2v) is 4.16. The van der Waals surface area contributed by atoms with Crippen LogP contribution in [0, 0.1) is 12.7 Å². The largest absolute Gasteiger partial charge is 0.494 e. The summed E-state index contributed by atoms with van der Waals surface area (Å²) in [6.45, 7) is 2.57. The molecule has 0 aromatic heterocycles. The number of benzene rings is 2. The summed E-state index contributed by atoms with van der Waals surface area (Å²) < 4.78 is 18.6. The topological polar surface area (TPSA) is 9.23 Å². The van der Waals surface area contributed by atoms with Gasteiger partial charge in [0.05, 0.1) is 6.61 Å². The van der Waals surface area contributed by atoms with Gasteiger partial charge in [-0.25, -0.2) is 4.39 Å². The molecule has 18 heavy (non-hydrogen) atoms. The summed E-state index contributed by atoms with van der Waals surface area (Å²) in [5.41, 5.74) is 2.02. The lowest BCUT2D eigenvalue weighted by Crippen LogP contribution is -2.19. The molecule has 0 aliphatic rings. The van der Waals surface area contributed by atoms with Crippen LogP contribution in [0.25, 0.3) is 0 Å². The Morgan fingerprint density at radius 2 is 1.89 bits per heavy atom. The minimum absolute atomic E-state index is 0.198. The van der Waals surface area contributed by atoms with Crippen LogP contribution < -0.4 is 10.2 Å². The first-order valence-electron chi connectivity index (χ1n) is 6.03. The van der Waals surface area contributed by atoms with E-state index in [1.54, 1.807) is 12.1 Å². The molecule has 0 spiro atoms. The van der Waals surface area contributed by atoms with Crippen LogP contribution in [0.15, 0.2) is 48.5 Å². The second kappa shape index (κ2) is 6.24. The van der Waals surface area contributed by atoms with Crippen LogP contribution in [0.4, 0.5) is 4.39 Å². The average Bonchev–Trinajstić information content (AvgIpc) is 2.40. The molecule has 0 amide bonds. The zero-order valence-corrected chi connectivity index (χ0v) is 10.4. The van der Waals surface area contributed by atoms with E-state index in [-0.39, 0.29) is 5.82 Å². The van der Waals surface area contributed by atoms with Crippen LogP contribution in [0.1, 0.15) is 5.56 Å². The number of aryl methyl sites for hydroxylation is 1. The van der Waals surface area contributed by atoms with Crippen molar-refractivity contribution in [3.63, 3.8) is 0 Å². The molecule has 91 valence electrons. The van der Waals surface area contributed by atoms with E-state index in [0.717, 1.165) is 23.1 Å². The molecule has 0 fully saturated rings. The fourth-order valence-corrected chi connectivity index (χ4v) is 1.74. The summed E-state index contributed by atoms with van der Waals surface area (Å²) in [5, 5.41) is 0. The van der Waals surface area contributed by atoms with Gasteiger partial charge in [0, 0.05) is 0 Å². The Morgan fingerprint density at radius 1 is 1.11 bits per heavy atom. The molecular formula is C15H15BFO. The Kier molecular flexibility index (Phi) is 4.40. The van der Waals surface area contributed by atoms with Gasteiger partial charge in [0.2, 0.25) is 0 Å². The van der Waals surface area contributed by atoms with Crippen molar-refractivity contribution in [2.45, 2.75) is 13.2 Å². The molecule has 0 saturated heterocycles. The number of rotatable bonds is 5. The standard InChI is InChI=1S/C15H15BFO/c1-12-7-8-13(17)11-15(12)16-9-10-18-14-5-3-2-4-6-14/h2-8,11H,9-10H2,1H3. The van der Waals surface area contributed by atoms with Crippen molar-refractivity contribution in [2.24, 2.45) is 0 Å². The summed E-state index contributed by atoms with van der Waals surface area (Å²) in [6.07, 6.45) is 0.763. The number of ether oxygens (including phenoxy) is 1. The lowest BCUT2D eigenvalue weighted by molar-refractivity contribution is 0.340. The third kappa shape index (κ3) is 3.62. The Hall–Kier alpha value is -1.77. The normalized spacial score (nSPS) is 10.1. The highest BCUT2D eigenvalue weighted by Gasteiger charge is 2.02.